The number of anilines is 1. The second-order valence-corrected chi connectivity index (χ2v) is 4.78. The number of carbonyl (C=O) groups is 1. The fourth-order valence-electron chi connectivity index (χ4n) is 2.11. The summed E-state index contributed by atoms with van der Waals surface area (Å²) in [5, 5.41) is 11.6. The van der Waals surface area contributed by atoms with Crippen LogP contribution in [0.3, 0.4) is 0 Å². The molecule has 1 aromatic carbocycles. The van der Waals surface area contributed by atoms with Gasteiger partial charge < -0.3 is 14.8 Å². The van der Waals surface area contributed by atoms with Crippen molar-refractivity contribution in [2.75, 3.05) is 31.7 Å². The summed E-state index contributed by atoms with van der Waals surface area (Å²) in [5.74, 6) is 0.239. The fourth-order valence-corrected chi connectivity index (χ4v) is 2.11. The van der Waals surface area contributed by atoms with Crippen LogP contribution in [0.15, 0.2) is 24.3 Å². The van der Waals surface area contributed by atoms with Crippen LogP contribution in [-0.4, -0.2) is 32.3 Å². The van der Waals surface area contributed by atoms with Crippen LogP contribution in [0.4, 0.5) is 5.69 Å². The molecule has 0 spiro atoms. The van der Waals surface area contributed by atoms with Crippen molar-refractivity contribution < 1.29 is 14.3 Å². The maximum absolute atomic E-state index is 11.8. The Hall–Kier alpha value is -1.90. The van der Waals surface area contributed by atoms with Crippen molar-refractivity contribution in [3.8, 4) is 6.07 Å². The minimum Gasteiger partial charge on any atom is -0.381 e. The summed E-state index contributed by atoms with van der Waals surface area (Å²) in [7, 11) is 0. The van der Waals surface area contributed by atoms with Crippen molar-refractivity contribution in [3.63, 3.8) is 0 Å². The lowest BCUT2D eigenvalue weighted by molar-refractivity contribution is -0.121. The number of ether oxygens (including phenoxy) is 2. The predicted octanol–water partition coefficient (Wildman–Crippen LogP) is 1.94. The maximum atomic E-state index is 11.8. The summed E-state index contributed by atoms with van der Waals surface area (Å²) in [4.78, 5) is 11.8. The van der Waals surface area contributed by atoms with Gasteiger partial charge in [-0.25, -0.2) is 0 Å². The molecule has 1 aliphatic rings. The first-order valence-corrected chi connectivity index (χ1v) is 6.74. The lowest BCUT2D eigenvalue weighted by Gasteiger charge is -2.21. The summed E-state index contributed by atoms with van der Waals surface area (Å²) in [5.41, 5.74) is 0.972. The molecule has 0 bridgehead atoms. The minimum absolute atomic E-state index is 0.0110. The summed E-state index contributed by atoms with van der Waals surface area (Å²) >= 11 is 0. The molecule has 1 saturated heterocycles. The average Bonchev–Trinajstić information content (AvgIpc) is 2.49. The van der Waals surface area contributed by atoms with Crippen LogP contribution in [0.25, 0.3) is 0 Å². The third kappa shape index (κ3) is 4.34. The second-order valence-electron chi connectivity index (χ2n) is 4.78. The second kappa shape index (κ2) is 7.63. The summed E-state index contributed by atoms with van der Waals surface area (Å²) in [6, 6.07) is 8.94. The standard InChI is InChI=1S/C15H18N2O3/c16-9-13-3-1-2-4-14(13)17-15(18)11-20-10-12-5-7-19-8-6-12/h1-4,12H,5-8,10-11H2,(H,17,18). The number of para-hydroxylation sites is 1. The third-order valence-electron chi connectivity index (χ3n) is 3.25. The molecule has 0 unspecified atom stereocenters. The van der Waals surface area contributed by atoms with Crippen LogP contribution in [-0.2, 0) is 14.3 Å². The third-order valence-corrected chi connectivity index (χ3v) is 3.25. The van der Waals surface area contributed by atoms with Crippen LogP contribution in [0.5, 0.6) is 0 Å². The summed E-state index contributed by atoms with van der Waals surface area (Å²) in [6.45, 7) is 2.14. The number of rotatable bonds is 5. The highest BCUT2D eigenvalue weighted by Gasteiger charge is 2.14. The van der Waals surface area contributed by atoms with E-state index in [1.807, 2.05) is 6.07 Å². The topological polar surface area (TPSA) is 71.4 Å². The highest BCUT2D eigenvalue weighted by Crippen LogP contribution is 2.15. The van der Waals surface area contributed by atoms with Crippen molar-refractivity contribution in [2.24, 2.45) is 5.92 Å². The molecule has 1 aliphatic heterocycles. The van der Waals surface area contributed by atoms with Gasteiger partial charge in [0.1, 0.15) is 12.7 Å². The Balaban J connectivity index is 1.73. The van der Waals surface area contributed by atoms with Crippen molar-refractivity contribution in [3.05, 3.63) is 29.8 Å². The van der Waals surface area contributed by atoms with Crippen LogP contribution >= 0.6 is 0 Å². The molecule has 0 saturated carbocycles. The van der Waals surface area contributed by atoms with Gasteiger partial charge in [-0.15, -0.1) is 0 Å². The minimum atomic E-state index is -0.236. The Morgan fingerprint density at radius 2 is 2.15 bits per heavy atom. The molecule has 1 heterocycles. The number of hydrogen-bond donors (Lipinski definition) is 1. The summed E-state index contributed by atoms with van der Waals surface area (Å²) in [6.07, 6.45) is 1.97. The van der Waals surface area contributed by atoms with E-state index in [2.05, 4.69) is 5.32 Å². The average molecular weight is 274 g/mol. The van der Waals surface area contributed by atoms with E-state index in [0.29, 0.717) is 23.8 Å². The largest absolute Gasteiger partial charge is 0.381 e. The van der Waals surface area contributed by atoms with E-state index in [9.17, 15) is 4.79 Å². The molecule has 106 valence electrons. The van der Waals surface area contributed by atoms with Gasteiger partial charge in [-0.3, -0.25) is 4.79 Å². The number of nitrogens with one attached hydrogen (secondary N) is 1. The van der Waals surface area contributed by atoms with Crippen molar-refractivity contribution in [1.82, 2.24) is 0 Å². The van der Waals surface area contributed by atoms with E-state index >= 15 is 0 Å². The van der Waals surface area contributed by atoms with Crippen LogP contribution < -0.4 is 5.32 Å². The van der Waals surface area contributed by atoms with Gasteiger partial charge in [0.25, 0.3) is 0 Å². The molecule has 2 rings (SSSR count). The lowest BCUT2D eigenvalue weighted by Crippen LogP contribution is -2.24. The first-order chi connectivity index (χ1) is 9.79. The Morgan fingerprint density at radius 1 is 1.40 bits per heavy atom. The van der Waals surface area contributed by atoms with Gasteiger partial charge in [0.05, 0.1) is 17.9 Å². The number of nitrogens with zero attached hydrogens (tertiary/aromatic N) is 1. The number of hydrogen-bond acceptors (Lipinski definition) is 4. The van der Waals surface area contributed by atoms with E-state index in [0.717, 1.165) is 26.1 Å². The molecule has 5 nitrogen and oxygen atoms in total. The normalized spacial score (nSPS) is 15.6. The van der Waals surface area contributed by atoms with Crippen molar-refractivity contribution >= 4 is 11.6 Å². The Labute approximate surface area is 118 Å². The van der Waals surface area contributed by atoms with Gasteiger partial charge in [-0.05, 0) is 30.9 Å². The molecular formula is C15H18N2O3. The molecule has 1 aromatic rings. The van der Waals surface area contributed by atoms with E-state index in [-0.39, 0.29) is 12.5 Å². The predicted molar refractivity (Wildman–Crippen MR) is 74.1 cm³/mol. The van der Waals surface area contributed by atoms with Crippen molar-refractivity contribution in [1.29, 1.82) is 5.26 Å². The van der Waals surface area contributed by atoms with E-state index < -0.39 is 0 Å². The van der Waals surface area contributed by atoms with Gasteiger partial charge in [0.2, 0.25) is 5.91 Å². The van der Waals surface area contributed by atoms with Crippen LogP contribution in [0, 0.1) is 17.2 Å². The van der Waals surface area contributed by atoms with Gasteiger partial charge >= 0.3 is 0 Å². The molecule has 0 aliphatic carbocycles. The molecular weight excluding hydrogens is 256 g/mol. The van der Waals surface area contributed by atoms with E-state index in [1.165, 1.54) is 0 Å². The zero-order valence-corrected chi connectivity index (χ0v) is 11.3. The monoisotopic (exact) mass is 274 g/mol. The van der Waals surface area contributed by atoms with E-state index in [4.69, 9.17) is 14.7 Å². The highest BCUT2D eigenvalue weighted by atomic mass is 16.5. The van der Waals surface area contributed by atoms with Gasteiger partial charge in [-0.2, -0.15) is 5.26 Å². The number of benzene rings is 1. The lowest BCUT2D eigenvalue weighted by atomic mass is 10.0. The zero-order valence-electron chi connectivity index (χ0n) is 11.3. The van der Waals surface area contributed by atoms with Gasteiger partial charge in [-0.1, -0.05) is 12.1 Å². The molecule has 1 fully saturated rings. The maximum Gasteiger partial charge on any atom is 0.250 e. The molecule has 0 radical (unpaired) electrons. The number of amides is 1. The fraction of sp³-hybridized carbons (Fsp3) is 0.467. The van der Waals surface area contributed by atoms with E-state index in [1.54, 1.807) is 24.3 Å². The summed E-state index contributed by atoms with van der Waals surface area (Å²) < 4.78 is 10.7. The number of nitriles is 1. The SMILES string of the molecule is N#Cc1ccccc1NC(=O)COCC1CCOCC1. The first kappa shape index (κ1) is 14.5. The Bertz CT molecular complexity index is 490. The molecule has 0 aromatic heterocycles. The quantitative estimate of drug-likeness (QED) is 0.890. The Kier molecular flexibility index (Phi) is 5.54. The molecule has 1 amide bonds. The first-order valence-electron chi connectivity index (χ1n) is 6.74. The smallest absolute Gasteiger partial charge is 0.250 e. The Morgan fingerprint density at radius 3 is 2.90 bits per heavy atom. The van der Waals surface area contributed by atoms with Gasteiger partial charge in [0, 0.05) is 13.2 Å². The molecule has 1 N–H and O–H groups in total. The van der Waals surface area contributed by atoms with Crippen LogP contribution in [0.1, 0.15) is 18.4 Å². The van der Waals surface area contributed by atoms with Gasteiger partial charge in [0.15, 0.2) is 0 Å². The van der Waals surface area contributed by atoms with Crippen molar-refractivity contribution in [2.45, 2.75) is 12.8 Å². The zero-order chi connectivity index (χ0) is 14.2. The molecule has 5 heteroatoms. The highest BCUT2D eigenvalue weighted by molar-refractivity contribution is 5.92. The number of carbonyl (C=O) groups excluding carboxylic acids is 1. The molecule has 0 atom stereocenters. The molecule has 20 heavy (non-hydrogen) atoms. The van der Waals surface area contributed by atoms with Crippen LogP contribution in [0.2, 0.25) is 0 Å².